The number of carbonyl (C=O) groups is 1. The monoisotopic (exact) mass is 369 g/mol. The Balaban J connectivity index is 0.000000550. The van der Waals surface area contributed by atoms with Crippen molar-refractivity contribution in [1.82, 2.24) is 9.97 Å². The number of amides is 1. The second kappa shape index (κ2) is 9.19. The van der Waals surface area contributed by atoms with Crippen molar-refractivity contribution in [2.75, 3.05) is 11.6 Å². The van der Waals surface area contributed by atoms with E-state index in [0.717, 1.165) is 0 Å². The summed E-state index contributed by atoms with van der Waals surface area (Å²) in [5.41, 5.74) is -0.389. The van der Waals surface area contributed by atoms with Crippen LogP contribution in [0.4, 0.5) is 14.9 Å². The van der Waals surface area contributed by atoms with Crippen molar-refractivity contribution in [3.8, 4) is 11.6 Å². The maximum Gasteiger partial charge on any atom is 0.409 e. The van der Waals surface area contributed by atoms with E-state index in [2.05, 4.69) is 15.3 Å². The first-order chi connectivity index (χ1) is 11.6. The Morgan fingerprint density at radius 3 is 2.32 bits per heavy atom. The van der Waals surface area contributed by atoms with Crippen molar-refractivity contribution in [2.45, 2.75) is 31.5 Å². The number of aliphatic hydroxyl groups is 1. The number of hydrogen-bond donors (Lipinski definition) is 3. The van der Waals surface area contributed by atoms with Crippen LogP contribution in [-0.4, -0.2) is 38.1 Å². The van der Waals surface area contributed by atoms with Crippen molar-refractivity contribution >= 4 is 23.5 Å². The van der Waals surface area contributed by atoms with E-state index in [4.69, 9.17) is 14.9 Å². The highest BCUT2D eigenvalue weighted by atomic mass is 32.2. The van der Waals surface area contributed by atoms with E-state index < -0.39 is 17.5 Å². The fourth-order valence-electron chi connectivity index (χ4n) is 1.34. The molecule has 0 aliphatic rings. The molecule has 25 heavy (non-hydrogen) atoms. The number of ether oxygens (including phenoxy) is 1. The molecule has 136 valence electrons. The third-order valence-corrected chi connectivity index (χ3v) is 2.75. The molecule has 0 atom stereocenters. The van der Waals surface area contributed by atoms with Crippen LogP contribution in [0, 0.1) is 5.82 Å². The van der Waals surface area contributed by atoms with Crippen LogP contribution in [0.25, 0.3) is 0 Å². The number of halogens is 1. The summed E-state index contributed by atoms with van der Waals surface area (Å²) in [4.78, 5) is 18.7. The Morgan fingerprint density at radius 2 is 1.84 bits per heavy atom. The SMILES string of the molecule is CC(C)(C)O.CSc1ncc(NC(=O)O)c(Oc2ccc(F)cc2)n1. The standard InChI is InChI=1S/C12H10FN3O3S.C4H10O/c1-20-11-14-6-9(15-12(17)18)10(16-11)19-8-4-2-7(13)3-5-8;1-4(2,3)5/h2-6,15H,1H3,(H,17,18);5H,1-3H3. The number of thioether (sulfide) groups is 1. The van der Waals surface area contributed by atoms with E-state index in [1.807, 2.05) is 0 Å². The van der Waals surface area contributed by atoms with Crippen molar-refractivity contribution in [3.05, 3.63) is 36.3 Å². The molecule has 3 N–H and O–H groups in total. The summed E-state index contributed by atoms with van der Waals surface area (Å²) in [5, 5.41) is 19.8. The molecule has 0 saturated carbocycles. The minimum atomic E-state index is -1.26. The van der Waals surface area contributed by atoms with E-state index in [1.54, 1.807) is 27.0 Å². The lowest BCUT2D eigenvalue weighted by atomic mass is 10.2. The molecule has 1 aromatic heterocycles. The molecule has 0 unspecified atom stereocenters. The number of carboxylic acid groups (broad SMARTS) is 1. The third kappa shape index (κ3) is 8.87. The summed E-state index contributed by atoms with van der Waals surface area (Å²) in [6, 6.07) is 5.30. The van der Waals surface area contributed by atoms with Gasteiger partial charge in [0, 0.05) is 0 Å². The molecule has 7 nitrogen and oxygen atoms in total. The van der Waals surface area contributed by atoms with Gasteiger partial charge in [0.05, 0.1) is 11.8 Å². The van der Waals surface area contributed by atoms with Gasteiger partial charge in [0.15, 0.2) is 5.16 Å². The largest absolute Gasteiger partial charge is 0.465 e. The lowest BCUT2D eigenvalue weighted by Gasteiger charge is -2.10. The summed E-state index contributed by atoms with van der Waals surface area (Å²) in [7, 11) is 0. The third-order valence-electron chi connectivity index (χ3n) is 2.18. The molecule has 0 bridgehead atoms. The lowest BCUT2D eigenvalue weighted by molar-refractivity contribution is 0.102. The smallest absolute Gasteiger partial charge is 0.409 e. The average molecular weight is 369 g/mol. The van der Waals surface area contributed by atoms with Gasteiger partial charge in [-0.15, -0.1) is 0 Å². The fraction of sp³-hybridized carbons (Fsp3) is 0.312. The van der Waals surface area contributed by atoms with E-state index in [9.17, 15) is 9.18 Å². The highest BCUT2D eigenvalue weighted by Crippen LogP contribution is 2.28. The van der Waals surface area contributed by atoms with Crippen molar-refractivity contribution in [2.24, 2.45) is 0 Å². The molecule has 0 spiro atoms. The van der Waals surface area contributed by atoms with Crippen LogP contribution in [-0.2, 0) is 0 Å². The second-order valence-corrected chi connectivity index (χ2v) is 6.51. The number of nitrogens with one attached hydrogen (secondary N) is 1. The topological polar surface area (TPSA) is 105 Å². The Morgan fingerprint density at radius 1 is 1.28 bits per heavy atom. The van der Waals surface area contributed by atoms with Gasteiger partial charge in [-0.05, 0) is 51.3 Å². The van der Waals surface area contributed by atoms with Crippen LogP contribution in [0.5, 0.6) is 11.6 Å². The van der Waals surface area contributed by atoms with E-state index in [1.165, 1.54) is 42.2 Å². The van der Waals surface area contributed by atoms with Crippen molar-refractivity contribution in [3.63, 3.8) is 0 Å². The fourth-order valence-corrected chi connectivity index (χ4v) is 1.67. The molecule has 9 heteroatoms. The van der Waals surface area contributed by atoms with Crippen molar-refractivity contribution < 1.29 is 24.1 Å². The molecular formula is C16H20FN3O4S. The molecule has 0 aliphatic heterocycles. The zero-order valence-corrected chi connectivity index (χ0v) is 15.1. The Labute approximate surface area is 149 Å². The summed E-state index contributed by atoms with van der Waals surface area (Å²) in [5.74, 6) is -0.00215. The molecule has 1 aromatic carbocycles. The number of aromatic nitrogens is 2. The van der Waals surface area contributed by atoms with Crippen molar-refractivity contribution in [1.29, 1.82) is 0 Å². The summed E-state index contributed by atoms with van der Waals surface area (Å²) in [6.45, 7) is 5.23. The zero-order valence-electron chi connectivity index (χ0n) is 14.3. The zero-order chi connectivity index (χ0) is 19.0. The maximum absolute atomic E-state index is 12.8. The molecule has 0 radical (unpaired) electrons. The summed E-state index contributed by atoms with van der Waals surface area (Å²) in [6.07, 6.45) is 1.84. The van der Waals surface area contributed by atoms with Gasteiger partial charge in [0.2, 0.25) is 5.88 Å². The maximum atomic E-state index is 12.8. The highest BCUT2D eigenvalue weighted by Gasteiger charge is 2.12. The predicted molar refractivity (Wildman–Crippen MR) is 93.9 cm³/mol. The quantitative estimate of drug-likeness (QED) is 0.553. The van der Waals surface area contributed by atoms with Crippen LogP contribution < -0.4 is 10.1 Å². The molecule has 0 fully saturated rings. The van der Waals surface area contributed by atoms with Crippen LogP contribution in [0.1, 0.15) is 20.8 Å². The molecule has 1 heterocycles. The van der Waals surface area contributed by atoms with Gasteiger partial charge in [-0.3, -0.25) is 5.32 Å². The Kier molecular flexibility index (Phi) is 7.59. The number of anilines is 1. The molecule has 1 amide bonds. The first kappa shape index (κ1) is 20.7. The minimum Gasteiger partial charge on any atom is -0.465 e. The molecule has 0 aliphatic carbocycles. The van der Waals surface area contributed by atoms with Gasteiger partial charge in [-0.25, -0.2) is 14.2 Å². The van der Waals surface area contributed by atoms with Gasteiger partial charge in [-0.2, -0.15) is 4.98 Å². The highest BCUT2D eigenvalue weighted by molar-refractivity contribution is 7.98. The Bertz CT molecular complexity index is 700. The molecule has 0 saturated heterocycles. The molecular weight excluding hydrogens is 349 g/mol. The summed E-state index contributed by atoms with van der Waals surface area (Å²) < 4.78 is 18.3. The normalized spacial score (nSPS) is 10.5. The first-order valence-electron chi connectivity index (χ1n) is 7.15. The van der Waals surface area contributed by atoms with Crippen LogP contribution in [0.15, 0.2) is 35.6 Å². The number of benzene rings is 1. The van der Waals surface area contributed by atoms with Crippen LogP contribution in [0.2, 0.25) is 0 Å². The number of rotatable bonds is 4. The van der Waals surface area contributed by atoms with E-state index >= 15 is 0 Å². The minimum absolute atomic E-state index is 0.0540. The molecule has 2 aromatic rings. The number of hydrogen-bond acceptors (Lipinski definition) is 6. The second-order valence-electron chi connectivity index (χ2n) is 5.73. The van der Waals surface area contributed by atoms with Crippen LogP contribution in [0.3, 0.4) is 0 Å². The van der Waals surface area contributed by atoms with Gasteiger partial charge < -0.3 is 14.9 Å². The van der Waals surface area contributed by atoms with E-state index in [0.29, 0.717) is 10.9 Å². The number of nitrogens with zero attached hydrogens (tertiary/aromatic N) is 2. The lowest BCUT2D eigenvalue weighted by Crippen LogP contribution is -2.10. The van der Waals surface area contributed by atoms with Crippen LogP contribution >= 0.6 is 11.8 Å². The van der Waals surface area contributed by atoms with Gasteiger partial charge in [0.1, 0.15) is 17.3 Å². The predicted octanol–water partition coefficient (Wildman–Crippen LogP) is 4.00. The van der Waals surface area contributed by atoms with Gasteiger partial charge in [-0.1, -0.05) is 11.8 Å². The average Bonchev–Trinajstić information content (AvgIpc) is 2.49. The molecule has 2 rings (SSSR count). The van der Waals surface area contributed by atoms with Gasteiger partial charge >= 0.3 is 6.09 Å². The Hall–Kier alpha value is -2.39. The first-order valence-corrected chi connectivity index (χ1v) is 8.37. The summed E-state index contributed by atoms with van der Waals surface area (Å²) >= 11 is 1.29. The van der Waals surface area contributed by atoms with Gasteiger partial charge in [0.25, 0.3) is 0 Å². The van der Waals surface area contributed by atoms with E-state index in [-0.39, 0.29) is 11.6 Å².